The lowest BCUT2D eigenvalue weighted by atomic mass is 10.0. The van der Waals surface area contributed by atoms with Crippen LogP contribution in [0.2, 0.25) is 5.02 Å². The lowest BCUT2D eigenvalue weighted by molar-refractivity contribution is -0.139. The Morgan fingerprint density at radius 2 is 1.67 bits per heavy atom. The minimum atomic E-state index is -1.12. The summed E-state index contributed by atoms with van der Waals surface area (Å²) in [6.45, 7) is -0.509. The maximum Gasteiger partial charge on any atom is 0.341 e. The standard InChI is InChI=1S/C15H11ClO5/c16-12-7-10(3-6-13(12)21-8-14(18)19)15(20)9-1-4-11(17)5-2-9/h1-7,17H,8H2,(H,18,19). The topological polar surface area (TPSA) is 83.8 Å². The molecule has 0 aliphatic carbocycles. The molecule has 0 aliphatic rings. The van der Waals surface area contributed by atoms with E-state index in [0.717, 1.165) is 0 Å². The molecule has 0 saturated carbocycles. The molecule has 0 spiro atoms. The highest BCUT2D eigenvalue weighted by molar-refractivity contribution is 6.32. The van der Waals surface area contributed by atoms with Crippen molar-refractivity contribution in [3.8, 4) is 11.5 Å². The summed E-state index contributed by atoms with van der Waals surface area (Å²) in [6, 6.07) is 10.2. The van der Waals surface area contributed by atoms with Crippen molar-refractivity contribution in [2.75, 3.05) is 6.61 Å². The van der Waals surface area contributed by atoms with E-state index in [9.17, 15) is 14.7 Å². The summed E-state index contributed by atoms with van der Waals surface area (Å²) in [4.78, 5) is 22.6. The van der Waals surface area contributed by atoms with Crippen molar-refractivity contribution in [3.05, 3.63) is 58.6 Å². The van der Waals surface area contributed by atoms with Gasteiger partial charge in [0, 0.05) is 11.1 Å². The highest BCUT2D eigenvalue weighted by Crippen LogP contribution is 2.26. The summed E-state index contributed by atoms with van der Waals surface area (Å²) in [6.07, 6.45) is 0. The Bertz CT molecular complexity index is 679. The van der Waals surface area contributed by atoms with Gasteiger partial charge in [-0.1, -0.05) is 11.6 Å². The molecular weight excluding hydrogens is 296 g/mol. The number of phenolic OH excluding ortho intramolecular Hbond substituents is 1. The number of ether oxygens (including phenoxy) is 1. The van der Waals surface area contributed by atoms with Crippen molar-refractivity contribution < 1.29 is 24.5 Å². The van der Waals surface area contributed by atoms with Crippen LogP contribution >= 0.6 is 11.6 Å². The fraction of sp³-hybridized carbons (Fsp3) is 0.0667. The summed E-state index contributed by atoms with van der Waals surface area (Å²) < 4.78 is 4.98. The Hall–Kier alpha value is -2.53. The monoisotopic (exact) mass is 306 g/mol. The Morgan fingerprint density at radius 3 is 2.24 bits per heavy atom. The highest BCUT2D eigenvalue weighted by Gasteiger charge is 2.12. The maximum absolute atomic E-state index is 12.2. The first kappa shape index (κ1) is 14.9. The Labute approximate surface area is 125 Å². The second-order valence-corrected chi connectivity index (χ2v) is 4.61. The lowest BCUT2D eigenvalue weighted by Gasteiger charge is -2.07. The van der Waals surface area contributed by atoms with Crippen molar-refractivity contribution in [3.63, 3.8) is 0 Å². The number of benzene rings is 2. The quantitative estimate of drug-likeness (QED) is 0.830. The number of aliphatic carboxylic acids is 1. The minimum absolute atomic E-state index is 0.0713. The van der Waals surface area contributed by atoms with E-state index in [2.05, 4.69) is 0 Å². The van der Waals surface area contributed by atoms with Gasteiger partial charge in [-0.15, -0.1) is 0 Å². The molecule has 0 saturated heterocycles. The molecule has 2 aromatic carbocycles. The number of carboxylic acids is 1. The normalized spacial score (nSPS) is 10.1. The highest BCUT2D eigenvalue weighted by atomic mass is 35.5. The zero-order chi connectivity index (χ0) is 15.4. The summed E-state index contributed by atoms with van der Waals surface area (Å²) in [5.41, 5.74) is 0.747. The fourth-order valence-corrected chi connectivity index (χ4v) is 1.91. The van der Waals surface area contributed by atoms with Gasteiger partial charge >= 0.3 is 5.97 Å². The van der Waals surface area contributed by atoms with E-state index in [1.807, 2.05) is 0 Å². The molecule has 0 bridgehead atoms. The molecular formula is C15H11ClO5. The van der Waals surface area contributed by atoms with Crippen LogP contribution in [0.5, 0.6) is 11.5 Å². The largest absolute Gasteiger partial charge is 0.508 e. The number of phenols is 1. The van der Waals surface area contributed by atoms with Crippen molar-refractivity contribution in [1.29, 1.82) is 0 Å². The zero-order valence-electron chi connectivity index (χ0n) is 10.7. The third kappa shape index (κ3) is 3.73. The van der Waals surface area contributed by atoms with Crippen LogP contribution in [0.4, 0.5) is 0 Å². The molecule has 108 valence electrons. The number of carboxylic acid groups (broad SMARTS) is 1. The van der Waals surface area contributed by atoms with Crippen LogP contribution in [-0.4, -0.2) is 28.6 Å². The minimum Gasteiger partial charge on any atom is -0.508 e. The van der Waals surface area contributed by atoms with Crippen LogP contribution in [0.25, 0.3) is 0 Å². The molecule has 2 N–H and O–H groups in total. The molecule has 0 radical (unpaired) electrons. The molecule has 0 aromatic heterocycles. The van der Waals surface area contributed by atoms with Crippen molar-refractivity contribution >= 4 is 23.4 Å². The van der Waals surface area contributed by atoms with Gasteiger partial charge in [0.1, 0.15) is 11.5 Å². The summed E-state index contributed by atoms with van der Waals surface area (Å²) in [5.74, 6) is -1.11. The molecule has 21 heavy (non-hydrogen) atoms. The van der Waals surface area contributed by atoms with Crippen LogP contribution in [0.1, 0.15) is 15.9 Å². The number of hydrogen-bond acceptors (Lipinski definition) is 4. The first-order valence-corrected chi connectivity index (χ1v) is 6.33. The van der Waals surface area contributed by atoms with E-state index >= 15 is 0 Å². The number of ketones is 1. The molecule has 5 nitrogen and oxygen atoms in total. The SMILES string of the molecule is O=C(O)COc1ccc(C(=O)c2ccc(O)cc2)cc1Cl. The average Bonchev–Trinajstić information content (AvgIpc) is 2.46. The van der Waals surface area contributed by atoms with Gasteiger partial charge in [-0.3, -0.25) is 4.79 Å². The molecule has 2 aromatic rings. The number of carbonyl (C=O) groups is 2. The molecule has 0 amide bonds. The molecule has 0 atom stereocenters. The number of halogens is 1. The van der Waals surface area contributed by atoms with Gasteiger partial charge in [0.05, 0.1) is 5.02 Å². The number of hydrogen-bond donors (Lipinski definition) is 2. The second kappa shape index (κ2) is 6.28. The lowest BCUT2D eigenvalue weighted by Crippen LogP contribution is -2.10. The van der Waals surface area contributed by atoms with E-state index in [4.69, 9.17) is 21.4 Å². The molecule has 0 heterocycles. The van der Waals surface area contributed by atoms with Crippen LogP contribution in [-0.2, 0) is 4.79 Å². The van der Waals surface area contributed by atoms with Crippen molar-refractivity contribution in [1.82, 2.24) is 0 Å². The summed E-state index contributed by atoms with van der Waals surface area (Å²) in [7, 11) is 0. The van der Waals surface area contributed by atoms with Crippen molar-refractivity contribution in [2.45, 2.75) is 0 Å². The molecule has 2 rings (SSSR count). The van der Waals surface area contributed by atoms with Gasteiger partial charge in [-0.05, 0) is 42.5 Å². The van der Waals surface area contributed by atoms with Crippen LogP contribution in [0.15, 0.2) is 42.5 Å². The van der Waals surface area contributed by atoms with Crippen molar-refractivity contribution in [2.24, 2.45) is 0 Å². The predicted octanol–water partition coefficient (Wildman–Crippen LogP) is 2.74. The van der Waals surface area contributed by atoms with Gasteiger partial charge in [-0.25, -0.2) is 4.79 Å². The van der Waals surface area contributed by atoms with Gasteiger partial charge in [0.2, 0.25) is 0 Å². The van der Waals surface area contributed by atoms with Gasteiger partial charge < -0.3 is 14.9 Å². The summed E-state index contributed by atoms with van der Waals surface area (Å²) in [5, 5.41) is 17.9. The maximum atomic E-state index is 12.2. The van der Waals surface area contributed by atoms with E-state index in [1.54, 1.807) is 0 Å². The van der Waals surface area contributed by atoms with Gasteiger partial charge in [0.25, 0.3) is 0 Å². The van der Waals surface area contributed by atoms with E-state index in [0.29, 0.717) is 11.1 Å². The van der Waals surface area contributed by atoms with E-state index in [1.165, 1.54) is 42.5 Å². The Kier molecular flexibility index (Phi) is 4.45. The van der Waals surface area contributed by atoms with Crippen LogP contribution < -0.4 is 4.74 Å². The van der Waals surface area contributed by atoms with Gasteiger partial charge in [-0.2, -0.15) is 0 Å². The first-order valence-electron chi connectivity index (χ1n) is 5.95. The molecule has 6 heteroatoms. The third-order valence-corrected chi connectivity index (χ3v) is 2.97. The molecule has 0 fully saturated rings. The fourth-order valence-electron chi connectivity index (χ4n) is 1.68. The predicted molar refractivity (Wildman–Crippen MR) is 76.1 cm³/mol. The van der Waals surface area contributed by atoms with Crippen LogP contribution in [0.3, 0.4) is 0 Å². The molecule has 0 aliphatic heterocycles. The first-order chi connectivity index (χ1) is 9.97. The number of rotatable bonds is 5. The molecule has 0 unspecified atom stereocenters. The number of carbonyl (C=O) groups excluding carboxylic acids is 1. The van der Waals surface area contributed by atoms with E-state index < -0.39 is 12.6 Å². The Balaban J connectivity index is 2.21. The number of aromatic hydroxyl groups is 1. The summed E-state index contributed by atoms with van der Waals surface area (Å²) >= 11 is 5.96. The second-order valence-electron chi connectivity index (χ2n) is 4.20. The smallest absolute Gasteiger partial charge is 0.341 e. The average molecular weight is 307 g/mol. The Morgan fingerprint density at radius 1 is 1.05 bits per heavy atom. The van der Waals surface area contributed by atoms with Gasteiger partial charge in [0.15, 0.2) is 12.4 Å². The zero-order valence-corrected chi connectivity index (χ0v) is 11.5. The third-order valence-electron chi connectivity index (χ3n) is 2.67. The van der Waals surface area contributed by atoms with E-state index in [-0.39, 0.29) is 22.3 Å². The van der Waals surface area contributed by atoms with Crippen LogP contribution in [0, 0.1) is 0 Å².